The number of carboxylic acid groups (broad SMARTS) is 2. The van der Waals surface area contributed by atoms with E-state index in [1.165, 1.54) is 37.5 Å². The number of aromatic carboxylic acids is 2. The number of carbonyl (C=O) groups is 2. The SMILES string of the molecule is CCCCCCc1cc(O)cc(C(=O)O)c1.CCCCCCc1cc([O-])cc(C(=O)[O-])c1.[Ca+2]. The molecule has 0 fully saturated rings. The van der Waals surface area contributed by atoms with Crippen molar-refractivity contribution in [3.63, 3.8) is 0 Å². The van der Waals surface area contributed by atoms with Gasteiger partial charge in [0.05, 0.1) is 11.5 Å². The third-order valence-electron chi connectivity index (χ3n) is 5.06. The Kier molecular flexibility index (Phi) is 16.7. The number of phenolic OH excluding ortho intramolecular Hbond substituents is 1. The van der Waals surface area contributed by atoms with Gasteiger partial charge in [-0.05, 0) is 66.6 Å². The Morgan fingerprint density at radius 2 is 1.27 bits per heavy atom. The minimum absolute atomic E-state index is 0. The number of unbranched alkanes of at least 4 members (excludes halogenated alkanes) is 6. The summed E-state index contributed by atoms with van der Waals surface area (Å²) in [6, 6.07) is 8.68. The van der Waals surface area contributed by atoms with Crippen LogP contribution in [0.3, 0.4) is 0 Å². The minimum atomic E-state index is -1.28. The molecule has 0 radical (unpaired) electrons. The van der Waals surface area contributed by atoms with Gasteiger partial charge in [-0.1, -0.05) is 64.5 Å². The summed E-state index contributed by atoms with van der Waals surface area (Å²) in [7, 11) is 0. The molecule has 0 saturated carbocycles. The van der Waals surface area contributed by atoms with Gasteiger partial charge in [-0.3, -0.25) is 0 Å². The van der Waals surface area contributed by atoms with E-state index >= 15 is 0 Å². The molecule has 0 spiro atoms. The molecule has 7 heteroatoms. The van der Waals surface area contributed by atoms with Gasteiger partial charge in [0, 0.05) is 0 Å². The number of rotatable bonds is 12. The van der Waals surface area contributed by atoms with Crippen molar-refractivity contribution >= 4 is 49.7 Å². The molecule has 0 amide bonds. The molecule has 33 heavy (non-hydrogen) atoms. The van der Waals surface area contributed by atoms with Crippen molar-refractivity contribution < 1.29 is 30.0 Å². The van der Waals surface area contributed by atoms with Crippen LogP contribution in [0.1, 0.15) is 97.1 Å². The largest absolute Gasteiger partial charge is 2.00 e. The number of phenols is 1. The van der Waals surface area contributed by atoms with Gasteiger partial charge in [-0.2, -0.15) is 0 Å². The molecule has 6 nitrogen and oxygen atoms in total. The van der Waals surface area contributed by atoms with Crippen LogP contribution in [0, 0.1) is 0 Å². The smallest absolute Gasteiger partial charge is 0.872 e. The van der Waals surface area contributed by atoms with Crippen LogP contribution in [0.15, 0.2) is 36.4 Å². The van der Waals surface area contributed by atoms with Crippen LogP contribution in [-0.2, 0) is 12.8 Å². The summed E-state index contributed by atoms with van der Waals surface area (Å²) in [6.07, 6.45) is 10.6. The average Bonchev–Trinajstić information content (AvgIpc) is 2.74. The van der Waals surface area contributed by atoms with Crippen LogP contribution in [0.2, 0.25) is 0 Å². The van der Waals surface area contributed by atoms with Gasteiger partial charge >= 0.3 is 43.7 Å². The second-order valence-electron chi connectivity index (χ2n) is 7.97. The Bertz CT molecular complexity index is 794. The van der Waals surface area contributed by atoms with Crippen LogP contribution in [0.4, 0.5) is 0 Å². The summed E-state index contributed by atoms with van der Waals surface area (Å²) in [5, 5.41) is 40.1. The first-order valence-electron chi connectivity index (χ1n) is 11.3. The number of carbonyl (C=O) groups excluding carboxylic acids is 1. The first-order valence-corrected chi connectivity index (χ1v) is 11.3. The molecule has 2 aromatic carbocycles. The molecule has 0 atom stereocenters. The molecule has 2 N–H and O–H groups in total. The van der Waals surface area contributed by atoms with E-state index < -0.39 is 11.9 Å². The molecule has 2 aromatic rings. The number of hydrogen-bond acceptors (Lipinski definition) is 5. The van der Waals surface area contributed by atoms with Crippen LogP contribution >= 0.6 is 0 Å². The van der Waals surface area contributed by atoms with Crippen molar-refractivity contribution in [3.8, 4) is 11.5 Å². The topological polar surface area (TPSA) is 121 Å². The van der Waals surface area contributed by atoms with Crippen LogP contribution < -0.4 is 10.2 Å². The summed E-state index contributed by atoms with van der Waals surface area (Å²) in [5.41, 5.74) is 1.83. The predicted molar refractivity (Wildman–Crippen MR) is 127 cm³/mol. The van der Waals surface area contributed by atoms with E-state index in [9.17, 15) is 24.9 Å². The average molecular weight is 483 g/mol. The number of hydrogen-bond donors (Lipinski definition) is 2. The maximum atomic E-state index is 11.2. The molecule has 0 aliphatic carbocycles. The number of benzene rings is 2. The van der Waals surface area contributed by atoms with Gasteiger partial charge in [0.2, 0.25) is 0 Å². The molecule has 2 rings (SSSR count). The third-order valence-corrected chi connectivity index (χ3v) is 5.06. The molecule has 0 saturated heterocycles. The minimum Gasteiger partial charge on any atom is -0.872 e. The summed E-state index contributed by atoms with van der Waals surface area (Å²) in [5.74, 6) is -2.50. The molecular formula is C26H34CaO6. The Morgan fingerprint density at radius 1 is 0.758 bits per heavy atom. The van der Waals surface area contributed by atoms with E-state index in [1.54, 1.807) is 12.1 Å². The zero-order valence-corrected chi connectivity index (χ0v) is 22.0. The molecular weight excluding hydrogens is 448 g/mol. The van der Waals surface area contributed by atoms with Crippen LogP contribution in [0.25, 0.3) is 0 Å². The first kappa shape index (κ1) is 31.2. The van der Waals surface area contributed by atoms with E-state index in [4.69, 9.17) is 5.11 Å². The van der Waals surface area contributed by atoms with Gasteiger partial charge < -0.3 is 25.2 Å². The fourth-order valence-electron chi connectivity index (χ4n) is 3.38. The summed E-state index contributed by atoms with van der Waals surface area (Å²) >= 11 is 0. The Morgan fingerprint density at radius 3 is 1.76 bits per heavy atom. The fourth-order valence-corrected chi connectivity index (χ4v) is 3.38. The molecule has 176 valence electrons. The molecule has 0 unspecified atom stereocenters. The van der Waals surface area contributed by atoms with Crippen LogP contribution in [-0.4, -0.2) is 59.9 Å². The maximum absolute atomic E-state index is 11.2. The Hall–Kier alpha value is -1.76. The van der Waals surface area contributed by atoms with Crippen molar-refractivity contribution in [3.05, 3.63) is 58.7 Å². The maximum Gasteiger partial charge on any atom is 2.00 e. The predicted octanol–water partition coefficient (Wildman–Crippen LogP) is 4.08. The fraction of sp³-hybridized carbons (Fsp3) is 0.462. The first-order chi connectivity index (χ1) is 15.3. The Balaban J connectivity index is 0.000000602. The van der Waals surface area contributed by atoms with Crippen molar-refractivity contribution in [2.24, 2.45) is 0 Å². The second-order valence-corrected chi connectivity index (χ2v) is 7.97. The van der Waals surface area contributed by atoms with E-state index in [-0.39, 0.29) is 60.4 Å². The third kappa shape index (κ3) is 13.5. The summed E-state index contributed by atoms with van der Waals surface area (Å²) in [6.45, 7) is 4.28. The van der Waals surface area contributed by atoms with Gasteiger partial charge in [0.1, 0.15) is 5.75 Å². The van der Waals surface area contributed by atoms with Crippen molar-refractivity contribution in [1.82, 2.24) is 0 Å². The summed E-state index contributed by atoms with van der Waals surface area (Å²) in [4.78, 5) is 21.4. The van der Waals surface area contributed by atoms with Crippen LogP contribution in [0.5, 0.6) is 11.5 Å². The van der Waals surface area contributed by atoms with Gasteiger partial charge in [-0.25, -0.2) is 4.79 Å². The normalized spacial score (nSPS) is 10.0. The van der Waals surface area contributed by atoms with Crippen molar-refractivity contribution in [2.45, 2.75) is 78.1 Å². The number of aromatic hydroxyl groups is 1. The number of carboxylic acids is 2. The van der Waals surface area contributed by atoms with E-state index in [1.807, 2.05) is 0 Å². The standard InChI is InChI=1S/2C13H18O3.Ca/c2*1-2-3-4-5-6-10-7-11(13(15)16)9-12(14)8-10;/h2*7-9,14H,2-6H2,1H3,(H,15,16);/q;;+2/p-2. The van der Waals surface area contributed by atoms with Gasteiger partial charge in [0.15, 0.2) is 0 Å². The molecule has 0 aromatic heterocycles. The van der Waals surface area contributed by atoms with E-state index in [0.29, 0.717) is 0 Å². The van der Waals surface area contributed by atoms with Crippen molar-refractivity contribution in [2.75, 3.05) is 0 Å². The monoisotopic (exact) mass is 482 g/mol. The quantitative estimate of drug-likeness (QED) is 0.347. The van der Waals surface area contributed by atoms with Gasteiger partial charge in [0.25, 0.3) is 0 Å². The number of aryl methyl sites for hydroxylation is 2. The molecule has 0 bridgehead atoms. The second kappa shape index (κ2) is 17.7. The molecule has 0 heterocycles. The van der Waals surface area contributed by atoms with E-state index in [0.717, 1.165) is 62.1 Å². The van der Waals surface area contributed by atoms with E-state index in [2.05, 4.69) is 13.8 Å². The van der Waals surface area contributed by atoms with Gasteiger partial charge in [-0.15, -0.1) is 5.75 Å². The zero-order valence-electron chi connectivity index (χ0n) is 19.8. The molecule has 0 aliphatic rings. The zero-order chi connectivity index (χ0) is 23.9. The molecule has 0 aliphatic heterocycles. The summed E-state index contributed by atoms with van der Waals surface area (Å²) < 4.78 is 0. The Labute approximate surface area is 226 Å². The van der Waals surface area contributed by atoms with Crippen molar-refractivity contribution in [1.29, 1.82) is 0 Å².